The van der Waals surface area contributed by atoms with Crippen LogP contribution in [0.2, 0.25) is 0 Å². The van der Waals surface area contributed by atoms with Crippen molar-refractivity contribution in [3.8, 4) is 0 Å². The molecule has 102 valence electrons. The molecule has 2 N–H and O–H groups in total. The van der Waals surface area contributed by atoms with Gasteiger partial charge in [0.15, 0.2) is 0 Å². The van der Waals surface area contributed by atoms with Gasteiger partial charge in [0.1, 0.15) is 5.82 Å². The second-order valence-electron chi connectivity index (χ2n) is 5.12. The van der Waals surface area contributed by atoms with Crippen LogP contribution in [0.5, 0.6) is 0 Å². The normalized spacial score (nSPS) is 12.8. The highest BCUT2D eigenvalue weighted by molar-refractivity contribution is 5.75. The van der Waals surface area contributed by atoms with Gasteiger partial charge in [-0.3, -0.25) is 4.98 Å². The van der Waals surface area contributed by atoms with E-state index in [9.17, 15) is 0 Å². The Morgan fingerprint density at radius 2 is 2.05 bits per heavy atom. The predicted molar refractivity (Wildman–Crippen MR) is 80.3 cm³/mol. The van der Waals surface area contributed by atoms with Gasteiger partial charge in [0.2, 0.25) is 0 Å². The molecule has 0 bridgehead atoms. The van der Waals surface area contributed by atoms with Gasteiger partial charge >= 0.3 is 0 Å². The van der Waals surface area contributed by atoms with Crippen LogP contribution in [0.3, 0.4) is 0 Å². The molecular weight excluding hydrogens is 248 g/mol. The van der Waals surface area contributed by atoms with E-state index < -0.39 is 0 Å². The van der Waals surface area contributed by atoms with E-state index in [-0.39, 0.29) is 6.04 Å². The molecule has 0 aliphatic heterocycles. The lowest BCUT2D eigenvalue weighted by molar-refractivity contribution is 0.661. The van der Waals surface area contributed by atoms with Gasteiger partial charge in [-0.25, -0.2) is 4.98 Å². The molecule has 3 aromatic rings. The van der Waals surface area contributed by atoms with Crippen LogP contribution in [0.25, 0.3) is 11.0 Å². The van der Waals surface area contributed by atoms with E-state index in [0.29, 0.717) is 0 Å². The van der Waals surface area contributed by atoms with Crippen LogP contribution in [0.15, 0.2) is 42.7 Å². The second kappa shape index (κ2) is 5.06. The van der Waals surface area contributed by atoms with Crippen LogP contribution in [0.1, 0.15) is 23.0 Å². The molecule has 0 saturated carbocycles. The SMILES string of the molecule is Cc1cnccc1C(N)Cc1nc2ccccc2n1C. The first kappa shape index (κ1) is 12.8. The second-order valence-corrected chi connectivity index (χ2v) is 5.12. The van der Waals surface area contributed by atoms with Gasteiger partial charge in [-0.05, 0) is 36.2 Å². The predicted octanol–water partition coefficient (Wildman–Crippen LogP) is 2.52. The summed E-state index contributed by atoms with van der Waals surface area (Å²) >= 11 is 0. The van der Waals surface area contributed by atoms with Crippen LogP contribution in [-0.2, 0) is 13.5 Å². The first-order chi connectivity index (χ1) is 9.66. The van der Waals surface area contributed by atoms with Crippen LogP contribution < -0.4 is 5.73 Å². The van der Waals surface area contributed by atoms with Gasteiger partial charge in [-0.1, -0.05) is 12.1 Å². The summed E-state index contributed by atoms with van der Waals surface area (Å²) in [7, 11) is 2.04. The molecule has 0 fully saturated rings. The minimum absolute atomic E-state index is 0.0616. The van der Waals surface area contributed by atoms with Crippen molar-refractivity contribution in [2.24, 2.45) is 12.8 Å². The molecule has 0 aliphatic rings. The minimum atomic E-state index is -0.0616. The summed E-state index contributed by atoms with van der Waals surface area (Å²) in [6.45, 7) is 2.04. The number of para-hydroxylation sites is 2. The van der Waals surface area contributed by atoms with Crippen molar-refractivity contribution in [3.63, 3.8) is 0 Å². The summed E-state index contributed by atoms with van der Waals surface area (Å²) in [6.07, 6.45) is 4.36. The third-order valence-electron chi connectivity index (χ3n) is 3.75. The molecule has 0 spiro atoms. The summed E-state index contributed by atoms with van der Waals surface area (Å²) in [5.41, 5.74) is 10.8. The van der Waals surface area contributed by atoms with Crippen molar-refractivity contribution < 1.29 is 0 Å². The Morgan fingerprint density at radius 1 is 1.25 bits per heavy atom. The maximum Gasteiger partial charge on any atom is 0.111 e. The van der Waals surface area contributed by atoms with Gasteiger partial charge in [0.25, 0.3) is 0 Å². The lowest BCUT2D eigenvalue weighted by Crippen LogP contribution is -2.17. The van der Waals surface area contributed by atoms with E-state index in [1.807, 2.05) is 44.4 Å². The van der Waals surface area contributed by atoms with Crippen LogP contribution in [-0.4, -0.2) is 14.5 Å². The maximum atomic E-state index is 6.34. The molecule has 3 rings (SSSR count). The lowest BCUT2D eigenvalue weighted by atomic mass is 10.0. The first-order valence-corrected chi connectivity index (χ1v) is 6.73. The Kier molecular flexibility index (Phi) is 3.24. The molecule has 4 heteroatoms. The smallest absolute Gasteiger partial charge is 0.111 e. The summed E-state index contributed by atoms with van der Waals surface area (Å²) in [6, 6.07) is 10.1. The molecule has 0 saturated heterocycles. The average Bonchev–Trinajstić information content (AvgIpc) is 2.76. The van der Waals surface area contributed by atoms with E-state index in [4.69, 9.17) is 5.73 Å². The molecule has 1 unspecified atom stereocenters. The molecule has 1 aromatic carbocycles. The van der Waals surface area contributed by atoms with Crippen molar-refractivity contribution >= 4 is 11.0 Å². The van der Waals surface area contributed by atoms with E-state index in [1.165, 1.54) is 0 Å². The van der Waals surface area contributed by atoms with Gasteiger partial charge in [-0.2, -0.15) is 0 Å². The van der Waals surface area contributed by atoms with Crippen molar-refractivity contribution in [3.05, 3.63) is 59.7 Å². The standard InChI is InChI=1S/C16H18N4/c1-11-10-18-8-7-12(11)13(17)9-16-19-14-5-3-4-6-15(14)20(16)2/h3-8,10,13H,9,17H2,1-2H3. The molecule has 20 heavy (non-hydrogen) atoms. The van der Waals surface area contributed by atoms with Gasteiger partial charge in [-0.15, -0.1) is 0 Å². The van der Waals surface area contributed by atoms with Gasteiger partial charge in [0.05, 0.1) is 11.0 Å². The Bertz CT molecular complexity index is 745. The number of benzene rings is 1. The molecular formula is C16H18N4. The number of hydrogen-bond acceptors (Lipinski definition) is 3. The van der Waals surface area contributed by atoms with Crippen molar-refractivity contribution in [2.75, 3.05) is 0 Å². The number of rotatable bonds is 3. The van der Waals surface area contributed by atoms with Crippen molar-refractivity contribution in [2.45, 2.75) is 19.4 Å². The van der Waals surface area contributed by atoms with Crippen LogP contribution in [0.4, 0.5) is 0 Å². The van der Waals surface area contributed by atoms with E-state index in [0.717, 1.165) is 34.4 Å². The van der Waals surface area contributed by atoms with E-state index in [1.54, 1.807) is 6.20 Å². The molecule has 0 amide bonds. The fourth-order valence-electron chi connectivity index (χ4n) is 2.58. The van der Waals surface area contributed by atoms with Crippen LogP contribution >= 0.6 is 0 Å². The zero-order valence-electron chi connectivity index (χ0n) is 11.7. The highest BCUT2D eigenvalue weighted by atomic mass is 15.1. The number of fused-ring (bicyclic) bond motifs is 1. The number of nitrogens with two attached hydrogens (primary N) is 1. The van der Waals surface area contributed by atoms with Gasteiger partial charge in [0, 0.05) is 31.9 Å². The maximum absolute atomic E-state index is 6.34. The highest BCUT2D eigenvalue weighted by Crippen LogP contribution is 2.21. The summed E-state index contributed by atoms with van der Waals surface area (Å²) < 4.78 is 2.12. The summed E-state index contributed by atoms with van der Waals surface area (Å²) in [4.78, 5) is 8.79. The Balaban J connectivity index is 1.93. The fourth-order valence-corrected chi connectivity index (χ4v) is 2.58. The number of imidazole rings is 1. The minimum Gasteiger partial charge on any atom is -0.331 e. The number of aryl methyl sites for hydroxylation is 2. The lowest BCUT2D eigenvalue weighted by Gasteiger charge is -2.14. The zero-order valence-corrected chi connectivity index (χ0v) is 11.7. The topological polar surface area (TPSA) is 56.7 Å². The monoisotopic (exact) mass is 266 g/mol. The number of nitrogens with zero attached hydrogens (tertiary/aromatic N) is 3. The zero-order chi connectivity index (χ0) is 14.1. The third kappa shape index (κ3) is 2.18. The van der Waals surface area contributed by atoms with Crippen molar-refractivity contribution in [1.29, 1.82) is 0 Å². The number of pyridine rings is 1. The Labute approximate surface area is 118 Å². The number of hydrogen-bond donors (Lipinski definition) is 1. The summed E-state index contributed by atoms with van der Waals surface area (Å²) in [5.74, 6) is 1.01. The largest absolute Gasteiger partial charge is 0.331 e. The van der Waals surface area contributed by atoms with Crippen molar-refractivity contribution in [1.82, 2.24) is 14.5 Å². The molecule has 2 heterocycles. The highest BCUT2D eigenvalue weighted by Gasteiger charge is 2.14. The molecule has 0 radical (unpaired) electrons. The first-order valence-electron chi connectivity index (χ1n) is 6.73. The Hall–Kier alpha value is -2.20. The van der Waals surface area contributed by atoms with Gasteiger partial charge < -0.3 is 10.3 Å². The number of aromatic nitrogens is 3. The third-order valence-corrected chi connectivity index (χ3v) is 3.75. The summed E-state index contributed by atoms with van der Waals surface area (Å²) in [5, 5.41) is 0. The Morgan fingerprint density at radius 3 is 2.80 bits per heavy atom. The molecule has 4 nitrogen and oxygen atoms in total. The molecule has 2 aromatic heterocycles. The molecule has 1 atom stereocenters. The van der Waals surface area contributed by atoms with E-state index >= 15 is 0 Å². The quantitative estimate of drug-likeness (QED) is 0.792. The molecule has 0 aliphatic carbocycles. The average molecular weight is 266 g/mol. The fraction of sp³-hybridized carbons (Fsp3) is 0.250. The van der Waals surface area contributed by atoms with Crippen LogP contribution in [0, 0.1) is 6.92 Å². The van der Waals surface area contributed by atoms with E-state index in [2.05, 4.69) is 20.6 Å².